The van der Waals surface area contributed by atoms with Crippen molar-refractivity contribution in [3.8, 4) is 0 Å². The van der Waals surface area contributed by atoms with E-state index in [0.717, 1.165) is 12.8 Å². The summed E-state index contributed by atoms with van der Waals surface area (Å²) in [7, 11) is 0. The van der Waals surface area contributed by atoms with E-state index in [1.165, 1.54) is 12.1 Å². The Morgan fingerprint density at radius 1 is 0.767 bits per heavy atom. The van der Waals surface area contributed by atoms with Crippen molar-refractivity contribution in [1.82, 2.24) is 19.8 Å². The SMILES string of the molecule is O=C(CCCn1ccccc1=O)NC1CC(NC(=O)CCCn2ccccc2=O)C1. The molecule has 1 aliphatic carbocycles. The third-order valence-electron chi connectivity index (χ3n) is 5.27. The summed E-state index contributed by atoms with van der Waals surface area (Å²) in [6.07, 6.45) is 6.85. The standard InChI is InChI=1S/C22H28N4O4/c27-19(7-5-13-25-11-3-1-9-21(25)29)23-17-15-18(16-17)24-20(28)8-6-14-26-12-4-2-10-22(26)30/h1-4,9-12,17-18H,5-8,13-16H2,(H,23,27)(H,24,28). The second-order valence-corrected chi connectivity index (χ2v) is 7.67. The van der Waals surface area contributed by atoms with Crippen LogP contribution in [0.4, 0.5) is 0 Å². The largest absolute Gasteiger partial charge is 0.353 e. The molecular weight excluding hydrogens is 384 g/mol. The van der Waals surface area contributed by atoms with Crippen molar-refractivity contribution in [1.29, 1.82) is 0 Å². The van der Waals surface area contributed by atoms with Crippen molar-refractivity contribution in [3.63, 3.8) is 0 Å². The minimum Gasteiger partial charge on any atom is -0.353 e. The number of carbonyl (C=O) groups is 2. The second kappa shape index (κ2) is 10.6. The molecule has 0 radical (unpaired) electrons. The lowest BCUT2D eigenvalue weighted by Gasteiger charge is -2.36. The minimum absolute atomic E-state index is 0.0259. The maximum absolute atomic E-state index is 12.0. The van der Waals surface area contributed by atoms with Crippen molar-refractivity contribution >= 4 is 11.8 Å². The van der Waals surface area contributed by atoms with Gasteiger partial charge in [0.15, 0.2) is 0 Å². The molecule has 0 aromatic carbocycles. The van der Waals surface area contributed by atoms with Crippen LogP contribution in [0.3, 0.4) is 0 Å². The zero-order valence-electron chi connectivity index (χ0n) is 17.0. The molecule has 8 nitrogen and oxygen atoms in total. The van der Waals surface area contributed by atoms with E-state index >= 15 is 0 Å². The van der Waals surface area contributed by atoms with E-state index in [1.54, 1.807) is 45.8 Å². The lowest BCUT2D eigenvalue weighted by Crippen LogP contribution is -2.53. The average Bonchev–Trinajstić information content (AvgIpc) is 2.69. The van der Waals surface area contributed by atoms with Crippen molar-refractivity contribution in [2.75, 3.05) is 0 Å². The number of aromatic nitrogens is 2. The van der Waals surface area contributed by atoms with E-state index in [-0.39, 0.29) is 35.0 Å². The number of aryl methyl sites for hydroxylation is 2. The van der Waals surface area contributed by atoms with Gasteiger partial charge in [0.2, 0.25) is 22.9 Å². The molecule has 2 aromatic rings. The van der Waals surface area contributed by atoms with Gasteiger partial charge in [-0.3, -0.25) is 19.2 Å². The van der Waals surface area contributed by atoms with Gasteiger partial charge in [-0.25, -0.2) is 0 Å². The number of pyridine rings is 2. The molecule has 0 unspecified atom stereocenters. The highest BCUT2D eigenvalue weighted by Gasteiger charge is 2.31. The second-order valence-electron chi connectivity index (χ2n) is 7.67. The first-order valence-corrected chi connectivity index (χ1v) is 10.4. The average molecular weight is 412 g/mol. The fourth-order valence-electron chi connectivity index (χ4n) is 3.56. The number of carbonyl (C=O) groups excluding carboxylic acids is 2. The van der Waals surface area contributed by atoms with Gasteiger partial charge in [0.05, 0.1) is 0 Å². The number of hydrogen-bond donors (Lipinski definition) is 2. The number of nitrogens with one attached hydrogen (secondary N) is 2. The van der Waals surface area contributed by atoms with Crippen LogP contribution in [-0.4, -0.2) is 33.0 Å². The summed E-state index contributed by atoms with van der Waals surface area (Å²) >= 11 is 0. The highest BCUT2D eigenvalue weighted by Crippen LogP contribution is 2.20. The Hall–Kier alpha value is -3.16. The molecule has 2 N–H and O–H groups in total. The van der Waals surface area contributed by atoms with Crippen LogP contribution in [0.15, 0.2) is 58.4 Å². The molecule has 0 bridgehead atoms. The smallest absolute Gasteiger partial charge is 0.250 e. The molecule has 1 saturated carbocycles. The van der Waals surface area contributed by atoms with Crippen molar-refractivity contribution < 1.29 is 9.59 Å². The summed E-state index contributed by atoms with van der Waals surface area (Å²) in [4.78, 5) is 47.3. The van der Waals surface area contributed by atoms with Crippen LogP contribution in [0, 0.1) is 0 Å². The van der Waals surface area contributed by atoms with Crippen LogP contribution in [0.1, 0.15) is 38.5 Å². The lowest BCUT2D eigenvalue weighted by atomic mass is 9.86. The summed E-state index contributed by atoms with van der Waals surface area (Å²) in [6, 6.07) is 10.2. The molecule has 0 spiro atoms. The maximum atomic E-state index is 12.0. The van der Waals surface area contributed by atoms with Crippen molar-refractivity contribution in [2.45, 2.75) is 63.7 Å². The third kappa shape index (κ3) is 6.43. The fraction of sp³-hybridized carbons (Fsp3) is 0.455. The Labute approximate surface area is 174 Å². The Bertz CT molecular complexity index is 898. The van der Waals surface area contributed by atoms with Crippen LogP contribution in [0.2, 0.25) is 0 Å². The molecule has 1 fully saturated rings. The summed E-state index contributed by atoms with van der Waals surface area (Å²) < 4.78 is 3.19. The third-order valence-corrected chi connectivity index (χ3v) is 5.27. The predicted octanol–water partition coefficient (Wildman–Crippen LogP) is 1.03. The predicted molar refractivity (Wildman–Crippen MR) is 113 cm³/mol. The normalized spacial score (nSPS) is 17.7. The summed E-state index contributed by atoms with van der Waals surface area (Å²) in [6.45, 7) is 1.04. The first-order chi connectivity index (χ1) is 14.5. The molecule has 0 saturated heterocycles. The van der Waals surface area contributed by atoms with Gasteiger partial charge in [-0.1, -0.05) is 12.1 Å². The Kier molecular flexibility index (Phi) is 7.59. The Morgan fingerprint density at radius 2 is 1.20 bits per heavy atom. The number of nitrogens with zero attached hydrogens (tertiary/aromatic N) is 2. The van der Waals surface area contributed by atoms with Gasteiger partial charge < -0.3 is 19.8 Å². The molecular formula is C22H28N4O4. The van der Waals surface area contributed by atoms with Gasteiger partial charge in [-0.15, -0.1) is 0 Å². The maximum Gasteiger partial charge on any atom is 0.250 e. The zero-order chi connectivity index (χ0) is 21.3. The van der Waals surface area contributed by atoms with Gasteiger partial charge in [-0.05, 0) is 37.8 Å². The molecule has 2 amide bonds. The fourth-order valence-corrected chi connectivity index (χ4v) is 3.56. The van der Waals surface area contributed by atoms with Gasteiger partial charge >= 0.3 is 0 Å². The summed E-state index contributed by atoms with van der Waals surface area (Å²) in [5.74, 6) is -0.0517. The molecule has 2 heterocycles. The Balaban J connectivity index is 1.25. The van der Waals surface area contributed by atoms with Gasteiger partial charge in [0.1, 0.15) is 0 Å². The highest BCUT2D eigenvalue weighted by molar-refractivity contribution is 5.77. The van der Waals surface area contributed by atoms with E-state index in [1.807, 2.05) is 0 Å². The first kappa shape index (κ1) is 21.5. The molecule has 2 aromatic heterocycles. The molecule has 1 aliphatic rings. The van der Waals surface area contributed by atoms with E-state index < -0.39 is 0 Å². The van der Waals surface area contributed by atoms with Crippen LogP contribution in [0.5, 0.6) is 0 Å². The van der Waals surface area contributed by atoms with Crippen molar-refractivity contribution in [2.24, 2.45) is 0 Å². The Morgan fingerprint density at radius 3 is 1.60 bits per heavy atom. The van der Waals surface area contributed by atoms with Gasteiger partial charge in [-0.2, -0.15) is 0 Å². The number of amides is 2. The topological polar surface area (TPSA) is 102 Å². The van der Waals surface area contributed by atoms with Crippen LogP contribution < -0.4 is 21.8 Å². The lowest BCUT2D eigenvalue weighted by molar-refractivity contribution is -0.123. The molecule has 30 heavy (non-hydrogen) atoms. The van der Waals surface area contributed by atoms with E-state index in [0.29, 0.717) is 38.8 Å². The van der Waals surface area contributed by atoms with Crippen molar-refractivity contribution in [3.05, 3.63) is 69.5 Å². The minimum atomic E-state index is -0.0636. The molecule has 8 heteroatoms. The van der Waals surface area contributed by atoms with Gasteiger partial charge in [0.25, 0.3) is 0 Å². The molecule has 3 rings (SSSR count). The van der Waals surface area contributed by atoms with E-state index in [4.69, 9.17) is 0 Å². The number of rotatable bonds is 10. The first-order valence-electron chi connectivity index (χ1n) is 10.4. The monoisotopic (exact) mass is 412 g/mol. The summed E-state index contributed by atoms with van der Waals surface area (Å²) in [5, 5.41) is 5.95. The molecule has 0 aliphatic heterocycles. The summed E-state index contributed by atoms with van der Waals surface area (Å²) in [5.41, 5.74) is -0.127. The number of hydrogen-bond acceptors (Lipinski definition) is 4. The quantitative estimate of drug-likeness (QED) is 0.609. The zero-order valence-corrected chi connectivity index (χ0v) is 17.0. The van der Waals surface area contributed by atoms with E-state index in [2.05, 4.69) is 10.6 Å². The van der Waals surface area contributed by atoms with E-state index in [9.17, 15) is 19.2 Å². The highest BCUT2D eigenvalue weighted by atomic mass is 16.2. The molecule has 0 atom stereocenters. The van der Waals surface area contributed by atoms with Crippen LogP contribution in [-0.2, 0) is 22.7 Å². The van der Waals surface area contributed by atoms with Crippen LogP contribution >= 0.6 is 0 Å². The van der Waals surface area contributed by atoms with Crippen LogP contribution in [0.25, 0.3) is 0 Å². The molecule has 160 valence electrons. The van der Waals surface area contributed by atoms with Gasteiger partial charge in [0, 0.05) is 62.5 Å².